The van der Waals surface area contributed by atoms with Crippen LogP contribution < -0.4 is 11.1 Å². The lowest BCUT2D eigenvalue weighted by Gasteiger charge is -2.19. The minimum absolute atomic E-state index is 0.287. The van der Waals surface area contributed by atoms with E-state index < -0.39 is 24.0 Å². The van der Waals surface area contributed by atoms with Crippen molar-refractivity contribution in [3.8, 4) is 0 Å². The lowest BCUT2D eigenvalue weighted by molar-refractivity contribution is -0.130. The number of nitrogens with one attached hydrogen (secondary N) is 1. The van der Waals surface area contributed by atoms with E-state index in [1.807, 2.05) is 29.6 Å². The highest BCUT2D eigenvalue weighted by molar-refractivity contribution is 5.98. The molecule has 0 spiro atoms. The average molecular weight is 395 g/mol. The van der Waals surface area contributed by atoms with Gasteiger partial charge >= 0.3 is 12.0 Å². The fourth-order valence-electron chi connectivity index (χ4n) is 2.82. The summed E-state index contributed by atoms with van der Waals surface area (Å²) in [4.78, 5) is 35.3. The number of fused-ring (bicyclic) bond motifs is 1. The van der Waals surface area contributed by atoms with Gasteiger partial charge in [0.1, 0.15) is 5.52 Å². The number of carbonyl (C=O) groups excluding carboxylic acids is 3. The number of carbonyl (C=O) groups is 3. The SMILES string of the molecule is CC(C)[C@H](OC(=O)c1ccc(Cn2nnc3ccccc32)cc1)C(=O)NC(N)=O. The maximum atomic E-state index is 12.4. The number of urea groups is 1. The summed E-state index contributed by atoms with van der Waals surface area (Å²) in [5.74, 6) is -1.75. The second-order valence-corrected chi connectivity index (χ2v) is 6.86. The molecule has 0 saturated carbocycles. The summed E-state index contributed by atoms with van der Waals surface area (Å²) in [5, 5.41) is 10.2. The summed E-state index contributed by atoms with van der Waals surface area (Å²) >= 11 is 0. The molecule has 3 aromatic rings. The second-order valence-electron chi connectivity index (χ2n) is 6.86. The van der Waals surface area contributed by atoms with Crippen molar-refractivity contribution < 1.29 is 19.1 Å². The van der Waals surface area contributed by atoms with E-state index in [1.165, 1.54) is 0 Å². The third-order valence-corrected chi connectivity index (χ3v) is 4.29. The molecule has 3 N–H and O–H groups in total. The second kappa shape index (κ2) is 8.51. The Bertz CT molecular complexity index is 1040. The van der Waals surface area contributed by atoms with E-state index in [0.717, 1.165) is 16.6 Å². The van der Waals surface area contributed by atoms with E-state index in [-0.39, 0.29) is 11.5 Å². The van der Waals surface area contributed by atoms with Crippen molar-refractivity contribution in [1.29, 1.82) is 0 Å². The van der Waals surface area contributed by atoms with Gasteiger partial charge in [0.15, 0.2) is 6.10 Å². The van der Waals surface area contributed by atoms with Crippen LogP contribution in [0.1, 0.15) is 29.8 Å². The van der Waals surface area contributed by atoms with E-state index in [1.54, 1.807) is 42.8 Å². The summed E-state index contributed by atoms with van der Waals surface area (Å²) in [5.41, 5.74) is 7.88. The van der Waals surface area contributed by atoms with Gasteiger partial charge in [-0.2, -0.15) is 0 Å². The van der Waals surface area contributed by atoms with Gasteiger partial charge in [0.05, 0.1) is 17.6 Å². The smallest absolute Gasteiger partial charge is 0.338 e. The molecule has 0 fully saturated rings. The number of hydrogen-bond acceptors (Lipinski definition) is 6. The minimum atomic E-state index is -1.13. The number of aromatic nitrogens is 3. The van der Waals surface area contributed by atoms with Crippen LogP contribution in [0.4, 0.5) is 4.79 Å². The summed E-state index contributed by atoms with van der Waals surface area (Å²) in [6.07, 6.45) is -1.13. The Balaban J connectivity index is 1.69. The predicted octanol–water partition coefficient (Wildman–Crippen LogP) is 1.86. The molecule has 0 unspecified atom stereocenters. The molecule has 0 saturated heterocycles. The van der Waals surface area contributed by atoms with Gasteiger partial charge in [-0.15, -0.1) is 5.10 Å². The Hall–Kier alpha value is -3.75. The zero-order valence-corrected chi connectivity index (χ0v) is 16.0. The zero-order chi connectivity index (χ0) is 21.0. The molecule has 0 aliphatic carbocycles. The molecule has 2 aromatic carbocycles. The number of primary amides is 1. The first-order valence-corrected chi connectivity index (χ1v) is 9.03. The van der Waals surface area contributed by atoms with Crippen molar-refractivity contribution in [2.24, 2.45) is 11.7 Å². The first-order chi connectivity index (χ1) is 13.8. The van der Waals surface area contributed by atoms with E-state index >= 15 is 0 Å². The van der Waals surface area contributed by atoms with Crippen molar-refractivity contribution in [2.75, 3.05) is 0 Å². The zero-order valence-electron chi connectivity index (χ0n) is 16.0. The molecule has 3 rings (SSSR count). The topological polar surface area (TPSA) is 129 Å². The van der Waals surface area contributed by atoms with Gasteiger partial charge in [-0.1, -0.05) is 43.3 Å². The Morgan fingerprint density at radius 3 is 2.45 bits per heavy atom. The number of rotatable bonds is 6. The fourth-order valence-corrected chi connectivity index (χ4v) is 2.82. The highest BCUT2D eigenvalue weighted by Crippen LogP contribution is 2.15. The molecule has 0 bridgehead atoms. The number of para-hydroxylation sites is 1. The highest BCUT2D eigenvalue weighted by Gasteiger charge is 2.27. The number of nitrogens with zero attached hydrogens (tertiary/aromatic N) is 3. The van der Waals surface area contributed by atoms with Crippen LogP contribution in [0.15, 0.2) is 48.5 Å². The quantitative estimate of drug-likeness (QED) is 0.613. The summed E-state index contributed by atoms with van der Waals surface area (Å²) < 4.78 is 7.05. The lowest BCUT2D eigenvalue weighted by Crippen LogP contribution is -2.45. The molecule has 0 aliphatic heterocycles. The minimum Gasteiger partial charge on any atom is -0.448 e. The highest BCUT2D eigenvalue weighted by atomic mass is 16.5. The number of esters is 1. The van der Waals surface area contributed by atoms with Crippen LogP contribution in [-0.4, -0.2) is 39.0 Å². The molecular weight excluding hydrogens is 374 g/mol. The van der Waals surface area contributed by atoms with Crippen LogP contribution in [0, 0.1) is 5.92 Å². The first-order valence-electron chi connectivity index (χ1n) is 9.03. The molecule has 150 valence electrons. The van der Waals surface area contributed by atoms with Gasteiger partial charge in [-0.25, -0.2) is 14.3 Å². The molecule has 1 aromatic heterocycles. The first kappa shape index (κ1) is 20.0. The van der Waals surface area contributed by atoms with Crippen LogP contribution in [0.2, 0.25) is 0 Å². The Morgan fingerprint density at radius 1 is 1.10 bits per heavy atom. The number of ether oxygens (including phenoxy) is 1. The molecule has 9 nitrogen and oxygen atoms in total. The number of imide groups is 1. The number of nitrogens with two attached hydrogens (primary N) is 1. The normalized spacial score (nSPS) is 12.0. The summed E-state index contributed by atoms with van der Waals surface area (Å²) in [6, 6.07) is 13.4. The number of amides is 3. The summed E-state index contributed by atoms with van der Waals surface area (Å²) in [7, 11) is 0. The van der Waals surface area contributed by atoms with Crippen LogP contribution >= 0.6 is 0 Å². The van der Waals surface area contributed by atoms with Crippen LogP contribution in [0.3, 0.4) is 0 Å². The van der Waals surface area contributed by atoms with Crippen LogP contribution in [0.5, 0.6) is 0 Å². The number of hydrogen-bond donors (Lipinski definition) is 2. The van der Waals surface area contributed by atoms with E-state index in [9.17, 15) is 14.4 Å². The monoisotopic (exact) mass is 395 g/mol. The molecule has 1 atom stereocenters. The third-order valence-electron chi connectivity index (χ3n) is 4.29. The fraction of sp³-hybridized carbons (Fsp3) is 0.250. The van der Waals surface area contributed by atoms with Gasteiger partial charge in [0.2, 0.25) is 0 Å². The van der Waals surface area contributed by atoms with E-state index in [2.05, 4.69) is 10.3 Å². The van der Waals surface area contributed by atoms with Crippen molar-refractivity contribution in [3.05, 3.63) is 59.7 Å². The molecule has 9 heteroatoms. The van der Waals surface area contributed by atoms with Gasteiger partial charge in [-0.3, -0.25) is 10.1 Å². The van der Waals surface area contributed by atoms with Crippen molar-refractivity contribution in [3.63, 3.8) is 0 Å². The third kappa shape index (κ3) is 4.75. The van der Waals surface area contributed by atoms with Crippen molar-refractivity contribution in [1.82, 2.24) is 20.3 Å². The van der Waals surface area contributed by atoms with Gasteiger partial charge < -0.3 is 10.5 Å². The van der Waals surface area contributed by atoms with Crippen LogP contribution in [0.25, 0.3) is 11.0 Å². The van der Waals surface area contributed by atoms with E-state index in [0.29, 0.717) is 6.54 Å². The molecule has 0 radical (unpaired) electrons. The maximum absolute atomic E-state index is 12.4. The van der Waals surface area contributed by atoms with Crippen LogP contribution in [-0.2, 0) is 16.1 Å². The Morgan fingerprint density at radius 2 is 1.79 bits per heavy atom. The van der Waals surface area contributed by atoms with Gasteiger partial charge in [0, 0.05) is 0 Å². The van der Waals surface area contributed by atoms with Crippen molar-refractivity contribution in [2.45, 2.75) is 26.5 Å². The molecule has 3 amide bonds. The molecule has 29 heavy (non-hydrogen) atoms. The maximum Gasteiger partial charge on any atom is 0.338 e. The van der Waals surface area contributed by atoms with Gasteiger partial charge in [-0.05, 0) is 35.7 Å². The van der Waals surface area contributed by atoms with Gasteiger partial charge in [0.25, 0.3) is 5.91 Å². The summed E-state index contributed by atoms with van der Waals surface area (Å²) in [6.45, 7) is 3.89. The molecule has 1 heterocycles. The van der Waals surface area contributed by atoms with Crippen molar-refractivity contribution >= 4 is 28.9 Å². The largest absolute Gasteiger partial charge is 0.448 e. The molecular formula is C20H21N5O4. The standard InChI is InChI=1S/C20H21N5O4/c1-12(2)17(18(26)22-20(21)28)29-19(27)14-9-7-13(8-10-14)11-25-16-6-4-3-5-15(16)23-24-25/h3-10,12,17H,11H2,1-2H3,(H3,21,22,26,28)/t17-/m0/s1. The molecule has 0 aliphatic rings. The Kier molecular flexibility index (Phi) is 5.87. The predicted molar refractivity (Wildman–Crippen MR) is 105 cm³/mol. The van der Waals surface area contributed by atoms with E-state index in [4.69, 9.17) is 10.5 Å². The average Bonchev–Trinajstić information content (AvgIpc) is 3.08. The lowest BCUT2D eigenvalue weighted by atomic mass is 10.1. The Labute approximate surface area is 166 Å². The number of benzene rings is 2.